The average Bonchev–Trinajstić information content (AvgIpc) is 2.90. The van der Waals surface area contributed by atoms with E-state index in [1.807, 2.05) is 6.20 Å². The van der Waals surface area contributed by atoms with Crippen LogP contribution in [0.3, 0.4) is 0 Å². The van der Waals surface area contributed by atoms with E-state index >= 15 is 0 Å². The lowest BCUT2D eigenvalue weighted by molar-refractivity contribution is 0.145. The standard InChI is InChI=1S/C17H30N2S/c1-16(2,3)14-8-6-13(7-9-14)12-19-17(4,5)15-18-10-11-20-15/h10-11,13-14,19H,6-9,12H2,1-5H3. The van der Waals surface area contributed by atoms with Crippen LogP contribution in [0.2, 0.25) is 0 Å². The summed E-state index contributed by atoms with van der Waals surface area (Å²) in [6.45, 7) is 12.8. The minimum Gasteiger partial charge on any atom is -0.306 e. The Kier molecular flexibility index (Phi) is 4.91. The molecule has 114 valence electrons. The van der Waals surface area contributed by atoms with Crippen LogP contribution < -0.4 is 5.32 Å². The van der Waals surface area contributed by atoms with Crippen molar-refractivity contribution in [3.05, 3.63) is 16.6 Å². The molecule has 0 spiro atoms. The van der Waals surface area contributed by atoms with Gasteiger partial charge in [-0.1, -0.05) is 20.8 Å². The van der Waals surface area contributed by atoms with E-state index in [0.29, 0.717) is 5.41 Å². The summed E-state index contributed by atoms with van der Waals surface area (Å²) in [6, 6.07) is 0. The molecule has 1 heterocycles. The summed E-state index contributed by atoms with van der Waals surface area (Å²) in [6.07, 6.45) is 7.45. The first-order valence-corrected chi connectivity index (χ1v) is 8.82. The second-order valence-corrected chi connectivity index (χ2v) is 8.82. The summed E-state index contributed by atoms with van der Waals surface area (Å²) in [5.41, 5.74) is 0.494. The fourth-order valence-corrected chi connectivity index (χ4v) is 3.98. The van der Waals surface area contributed by atoms with Crippen molar-refractivity contribution in [2.45, 2.75) is 65.8 Å². The maximum absolute atomic E-state index is 4.45. The van der Waals surface area contributed by atoms with Crippen LogP contribution in [0.15, 0.2) is 11.6 Å². The Balaban J connectivity index is 1.79. The molecule has 0 aromatic carbocycles. The Morgan fingerprint density at radius 3 is 2.30 bits per heavy atom. The van der Waals surface area contributed by atoms with Crippen molar-refractivity contribution in [1.82, 2.24) is 10.3 Å². The smallest absolute Gasteiger partial charge is 0.112 e. The van der Waals surface area contributed by atoms with Gasteiger partial charge in [0.05, 0.1) is 5.54 Å². The average molecular weight is 295 g/mol. The Labute approximate surface area is 128 Å². The first-order chi connectivity index (χ1) is 9.29. The summed E-state index contributed by atoms with van der Waals surface area (Å²) in [5.74, 6) is 1.75. The predicted molar refractivity (Wildman–Crippen MR) is 88.0 cm³/mol. The van der Waals surface area contributed by atoms with Crippen LogP contribution in [0.4, 0.5) is 0 Å². The molecule has 1 aliphatic rings. The number of aromatic nitrogens is 1. The topological polar surface area (TPSA) is 24.9 Å². The van der Waals surface area contributed by atoms with Crippen LogP contribution >= 0.6 is 11.3 Å². The van der Waals surface area contributed by atoms with Crippen LogP contribution in [0.5, 0.6) is 0 Å². The SMILES string of the molecule is CC(C)(NCC1CCC(C(C)(C)C)CC1)c1nccs1. The van der Waals surface area contributed by atoms with E-state index in [2.05, 4.69) is 50.3 Å². The van der Waals surface area contributed by atoms with E-state index in [1.165, 1.54) is 30.7 Å². The summed E-state index contributed by atoms with van der Waals surface area (Å²) in [4.78, 5) is 4.45. The van der Waals surface area contributed by atoms with Crippen LogP contribution in [-0.4, -0.2) is 11.5 Å². The molecular weight excluding hydrogens is 264 g/mol. The molecule has 2 rings (SSSR count). The number of rotatable bonds is 4. The molecule has 0 saturated heterocycles. The molecule has 0 bridgehead atoms. The molecule has 2 nitrogen and oxygen atoms in total. The van der Waals surface area contributed by atoms with Gasteiger partial charge >= 0.3 is 0 Å². The van der Waals surface area contributed by atoms with Crippen LogP contribution in [0.1, 0.15) is 65.3 Å². The molecule has 1 aromatic rings. The Morgan fingerprint density at radius 1 is 1.15 bits per heavy atom. The molecule has 0 atom stereocenters. The van der Waals surface area contributed by atoms with Gasteiger partial charge in [0, 0.05) is 11.6 Å². The summed E-state index contributed by atoms with van der Waals surface area (Å²) in [5, 5.41) is 6.99. The Hall–Kier alpha value is -0.410. The van der Waals surface area contributed by atoms with E-state index in [1.54, 1.807) is 11.3 Å². The minimum absolute atomic E-state index is 0.00897. The monoisotopic (exact) mass is 294 g/mol. The molecule has 1 aliphatic carbocycles. The van der Waals surface area contributed by atoms with Gasteiger partial charge in [-0.2, -0.15) is 0 Å². The van der Waals surface area contributed by atoms with E-state index in [-0.39, 0.29) is 5.54 Å². The van der Waals surface area contributed by atoms with Gasteiger partial charge in [0.1, 0.15) is 5.01 Å². The van der Waals surface area contributed by atoms with Gasteiger partial charge < -0.3 is 5.32 Å². The van der Waals surface area contributed by atoms with Crippen LogP contribution in [0, 0.1) is 17.3 Å². The highest BCUT2D eigenvalue weighted by Gasteiger charge is 2.31. The maximum Gasteiger partial charge on any atom is 0.112 e. The maximum atomic E-state index is 4.45. The van der Waals surface area contributed by atoms with E-state index in [4.69, 9.17) is 0 Å². The number of hydrogen-bond donors (Lipinski definition) is 1. The van der Waals surface area contributed by atoms with Crippen LogP contribution in [0.25, 0.3) is 0 Å². The lowest BCUT2D eigenvalue weighted by Crippen LogP contribution is -2.40. The number of hydrogen-bond acceptors (Lipinski definition) is 3. The van der Waals surface area contributed by atoms with Crippen molar-refractivity contribution in [3.63, 3.8) is 0 Å². The zero-order chi connectivity index (χ0) is 14.8. The quantitative estimate of drug-likeness (QED) is 0.861. The molecule has 1 aromatic heterocycles. The van der Waals surface area contributed by atoms with Gasteiger partial charge in [-0.25, -0.2) is 4.98 Å². The Morgan fingerprint density at radius 2 is 1.80 bits per heavy atom. The summed E-state index contributed by atoms with van der Waals surface area (Å²) < 4.78 is 0. The summed E-state index contributed by atoms with van der Waals surface area (Å²) >= 11 is 1.75. The molecule has 3 heteroatoms. The van der Waals surface area contributed by atoms with Gasteiger partial charge in [0.15, 0.2) is 0 Å². The van der Waals surface area contributed by atoms with Gasteiger partial charge in [0.25, 0.3) is 0 Å². The molecule has 0 amide bonds. The van der Waals surface area contributed by atoms with Gasteiger partial charge in [-0.3, -0.25) is 0 Å². The zero-order valence-electron chi connectivity index (χ0n) is 13.7. The fourth-order valence-electron chi connectivity index (χ4n) is 3.24. The lowest BCUT2D eigenvalue weighted by atomic mass is 9.70. The highest BCUT2D eigenvalue weighted by atomic mass is 32.1. The first-order valence-electron chi connectivity index (χ1n) is 7.94. The van der Waals surface area contributed by atoms with E-state index in [0.717, 1.165) is 18.4 Å². The van der Waals surface area contributed by atoms with Gasteiger partial charge in [-0.15, -0.1) is 11.3 Å². The predicted octanol–water partition coefficient (Wildman–Crippen LogP) is 4.82. The highest BCUT2D eigenvalue weighted by molar-refractivity contribution is 7.09. The van der Waals surface area contributed by atoms with Gasteiger partial charge in [-0.05, 0) is 63.3 Å². The van der Waals surface area contributed by atoms with Crippen molar-refractivity contribution in [1.29, 1.82) is 0 Å². The third-order valence-corrected chi connectivity index (χ3v) is 5.97. The molecule has 20 heavy (non-hydrogen) atoms. The number of thiazole rings is 1. The van der Waals surface area contributed by atoms with Crippen molar-refractivity contribution in [3.8, 4) is 0 Å². The Bertz CT molecular complexity index is 395. The van der Waals surface area contributed by atoms with Crippen molar-refractivity contribution < 1.29 is 0 Å². The second-order valence-electron chi connectivity index (χ2n) is 7.93. The number of nitrogens with one attached hydrogen (secondary N) is 1. The van der Waals surface area contributed by atoms with E-state index in [9.17, 15) is 0 Å². The third-order valence-electron chi connectivity index (χ3n) is 4.87. The first kappa shape index (κ1) is 16.0. The lowest BCUT2D eigenvalue weighted by Gasteiger charge is -2.38. The molecule has 1 saturated carbocycles. The molecule has 0 aliphatic heterocycles. The largest absolute Gasteiger partial charge is 0.306 e. The number of nitrogens with zero attached hydrogens (tertiary/aromatic N) is 1. The van der Waals surface area contributed by atoms with Crippen molar-refractivity contribution in [2.75, 3.05) is 6.54 Å². The van der Waals surface area contributed by atoms with E-state index < -0.39 is 0 Å². The molecule has 1 N–H and O–H groups in total. The van der Waals surface area contributed by atoms with Crippen molar-refractivity contribution >= 4 is 11.3 Å². The molecule has 1 fully saturated rings. The molecule has 0 unspecified atom stereocenters. The molecular formula is C17H30N2S. The van der Waals surface area contributed by atoms with Gasteiger partial charge in [0.2, 0.25) is 0 Å². The normalized spacial score (nSPS) is 24.9. The zero-order valence-corrected chi connectivity index (χ0v) is 14.5. The fraction of sp³-hybridized carbons (Fsp3) is 0.824. The van der Waals surface area contributed by atoms with Crippen LogP contribution in [-0.2, 0) is 5.54 Å². The second kappa shape index (κ2) is 6.15. The van der Waals surface area contributed by atoms with Crippen molar-refractivity contribution in [2.24, 2.45) is 17.3 Å². The highest BCUT2D eigenvalue weighted by Crippen LogP contribution is 2.39. The summed E-state index contributed by atoms with van der Waals surface area (Å²) in [7, 11) is 0. The molecule has 0 radical (unpaired) electrons. The third kappa shape index (κ3) is 4.05. The minimum atomic E-state index is 0.00897.